The Balaban J connectivity index is 1.32. The maximum absolute atomic E-state index is 5.94. The third-order valence-electron chi connectivity index (χ3n) is 5.44. The van der Waals surface area contributed by atoms with Gasteiger partial charge in [-0.3, -0.25) is 0 Å². The maximum atomic E-state index is 5.94. The molecule has 1 aliphatic heterocycles. The smallest absolute Gasteiger partial charge is 0.134 e. The second-order valence-electron chi connectivity index (χ2n) is 7.27. The van der Waals surface area contributed by atoms with E-state index in [1.807, 2.05) is 18.2 Å². The van der Waals surface area contributed by atoms with Crippen molar-refractivity contribution in [1.29, 1.82) is 0 Å². The van der Waals surface area contributed by atoms with E-state index in [-0.39, 0.29) is 0 Å². The van der Waals surface area contributed by atoms with Gasteiger partial charge in [0.05, 0.1) is 7.11 Å². The first-order valence-electron chi connectivity index (χ1n) is 9.65. The monoisotopic (exact) mass is 349 g/mol. The number of hydrogen-bond donors (Lipinski definition) is 0. The van der Waals surface area contributed by atoms with E-state index in [9.17, 15) is 0 Å². The number of aryl methyl sites for hydroxylation is 1. The van der Waals surface area contributed by atoms with Crippen LogP contribution in [0.5, 0.6) is 5.75 Å². The van der Waals surface area contributed by atoms with Gasteiger partial charge in [-0.1, -0.05) is 30.3 Å². The van der Waals surface area contributed by atoms with Crippen LogP contribution < -0.4 is 4.74 Å². The van der Waals surface area contributed by atoms with Gasteiger partial charge in [0.1, 0.15) is 17.1 Å². The summed E-state index contributed by atoms with van der Waals surface area (Å²) in [6.07, 6.45) is 4.69. The summed E-state index contributed by atoms with van der Waals surface area (Å²) in [6, 6.07) is 19.0. The molecule has 0 saturated carbocycles. The molecule has 3 aromatic rings. The van der Waals surface area contributed by atoms with E-state index in [0.29, 0.717) is 5.92 Å². The summed E-state index contributed by atoms with van der Waals surface area (Å²) in [6.45, 7) is 3.49. The molecular weight excluding hydrogens is 322 g/mol. The Labute approximate surface area is 155 Å². The molecule has 2 aromatic carbocycles. The van der Waals surface area contributed by atoms with E-state index in [1.165, 1.54) is 30.3 Å². The average molecular weight is 349 g/mol. The highest BCUT2D eigenvalue weighted by molar-refractivity contribution is 5.77. The molecule has 0 aliphatic carbocycles. The zero-order valence-corrected chi connectivity index (χ0v) is 15.5. The molecule has 0 bridgehead atoms. The Kier molecular flexibility index (Phi) is 5.26. The van der Waals surface area contributed by atoms with Crippen LogP contribution in [0.3, 0.4) is 0 Å². The lowest BCUT2D eigenvalue weighted by molar-refractivity contribution is 0.205. The van der Waals surface area contributed by atoms with Crippen molar-refractivity contribution in [3.63, 3.8) is 0 Å². The highest BCUT2D eigenvalue weighted by Crippen LogP contribution is 2.29. The molecule has 1 atom stereocenters. The Morgan fingerprint density at radius 2 is 2.04 bits per heavy atom. The number of hydrogen-bond acceptors (Lipinski definition) is 3. The molecule has 1 aliphatic rings. The predicted octanol–water partition coefficient (Wildman–Crippen LogP) is 5.25. The fourth-order valence-corrected chi connectivity index (χ4v) is 4.06. The van der Waals surface area contributed by atoms with Crippen molar-refractivity contribution in [2.24, 2.45) is 0 Å². The van der Waals surface area contributed by atoms with Gasteiger partial charge in [0.25, 0.3) is 0 Å². The van der Waals surface area contributed by atoms with Crippen molar-refractivity contribution in [2.75, 3.05) is 26.7 Å². The van der Waals surface area contributed by atoms with Gasteiger partial charge in [-0.2, -0.15) is 0 Å². The maximum Gasteiger partial charge on any atom is 0.134 e. The van der Waals surface area contributed by atoms with Gasteiger partial charge >= 0.3 is 0 Å². The van der Waals surface area contributed by atoms with E-state index in [2.05, 4.69) is 41.3 Å². The normalized spacial score (nSPS) is 18.3. The van der Waals surface area contributed by atoms with Crippen molar-refractivity contribution < 1.29 is 9.15 Å². The largest absolute Gasteiger partial charge is 0.497 e. The van der Waals surface area contributed by atoms with Gasteiger partial charge in [-0.15, -0.1) is 0 Å². The Bertz CT molecular complexity index is 821. The molecule has 1 fully saturated rings. The van der Waals surface area contributed by atoms with Crippen LogP contribution in [0.4, 0.5) is 0 Å². The van der Waals surface area contributed by atoms with Crippen LogP contribution in [-0.2, 0) is 6.42 Å². The summed E-state index contributed by atoms with van der Waals surface area (Å²) >= 11 is 0. The zero-order chi connectivity index (χ0) is 17.8. The fourth-order valence-electron chi connectivity index (χ4n) is 4.06. The number of nitrogens with zero attached hydrogens (tertiary/aromatic N) is 1. The number of furan rings is 1. The minimum atomic E-state index is 0.616. The second-order valence-corrected chi connectivity index (χ2v) is 7.27. The van der Waals surface area contributed by atoms with Crippen molar-refractivity contribution in [3.8, 4) is 5.75 Å². The summed E-state index contributed by atoms with van der Waals surface area (Å²) in [5.41, 5.74) is 2.41. The lowest BCUT2D eigenvalue weighted by atomic mass is 9.90. The van der Waals surface area contributed by atoms with Crippen molar-refractivity contribution in [1.82, 2.24) is 4.90 Å². The first kappa shape index (κ1) is 17.2. The predicted molar refractivity (Wildman–Crippen MR) is 106 cm³/mol. The van der Waals surface area contributed by atoms with E-state index >= 15 is 0 Å². The first-order valence-corrected chi connectivity index (χ1v) is 9.65. The molecule has 3 heteroatoms. The average Bonchev–Trinajstić information content (AvgIpc) is 3.11. The molecule has 1 saturated heterocycles. The van der Waals surface area contributed by atoms with Crippen LogP contribution in [0.15, 0.2) is 59.0 Å². The zero-order valence-electron chi connectivity index (χ0n) is 15.5. The molecule has 0 radical (unpaired) electrons. The number of rotatable bonds is 6. The van der Waals surface area contributed by atoms with Crippen molar-refractivity contribution >= 4 is 11.0 Å². The van der Waals surface area contributed by atoms with Gasteiger partial charge in [-0.25, -0.2) is 0 Å². The van der Waals surface area contributed by atoms with Gasteiger partial charge in [0.2, 0.25) is 0 Å². The number of likely N-dealkylation sites (tertiary alicyclic amines) is 1. The number of fused-ring (bicyclic) bond motifs is 1. The first-order chi connectivity index (χ1) is 12.8. The fraction of sp³-hybridized carbons (Fsp3) is 0.391. The minimum absolute atomic E-state index is 0.616. The van der Waals surface area contributed by atoms with Crippen molar-refractivity contribution in [3.05, 3.63) is 65.9 Å². The minimum Gasteiger partial charge on any atom is -0.497 e. The van der Waals surface area contributed by atoms with Gasteiger partial charge < -0.3 is 14.1 Å². The molecule has 26 heavy (non-hydrogen) atoms. The number of methoxy groups -OCH3 is 1. The molecule has 3 nitrogen and oxygen atoms in total. The SMILES string of the molecule is COc1cccc(C2CCCN(CCCc3cc4ccccc4o3)C2)c1. The summed E-state index contributed by atoms with van der Waals surface area (Å²) in [4.78, 5) is 2.61. The second kappa shape index (κ2) is 7.96. The summed E-state index contributed by atoms with van der Waals surface area (Å²) in [5.74, 6) is 2.68. The lowest BCUT2D eigenvalue weighted by Gasteiger charge is -2.33. The van der Waals surface area contributed by atoms with Gasteiger partial charge in [-0.05, 0) is 68.1 Å². The van der Waals surface area contributed by atoms with Crippen LogP contribution in [0.2, 0.25) is 0 Å². The van der Waals surface area contributed by atoms with E-state index in [1.54, 1.807) is 7.11 Å². The van der Waals surface area contributed by atoms with Crippen LogP contribution in [-0.4, -0.2) is 31.6 Å². The Morgan fingerprint density at radius 3 is 2.92 bits per heavy atom. The number of ether oxygens (including phenoxy) is 1. The number of para-hydroxylation sites is 1. The number of piperidine rings is 1. The molecule has 4 rings (SSSR count). The molecule has 1 aromatic heterocycles. The summed E-state index contributed by atoms with van der Waals surface area (Å²) in [7, 11) is 1.74. The van der Waals surface area contributed by atoms with Gasteiger partial charge in [0.15, 0.2) is 0 Å². The Morgan fingerprint density at radius 1 is 1.12 bits per heavy atom. The van der Waals surface area contributed by atoms with E-state index in [4.69, 9.17) is 9.15 Å². The van der Waals surface area contributed by atoms with Crippen LogP contribution in [0, 0.1) is 0 Å². The topological polar surface area (TPSA) is 25.6 Å². The summed E-state index contributed by atoms with van der Waals surface area (Å²) in [5, 5.41) is 1.21. The molecule has 0 spiro atoms. The standard InChI is InChI=1S/C23H27NO2/c1-25-21-10-4-8-18(15-21)20-9-5-13-24(17-20)14-6-11-22-16-19-7-2-3-12-23(19)26-22/h2-4,7-8,10,12,15-16,20H,5-6,9,11,13-14,17H2,1H3. The molecule has 2 heterocycles. The quantitative estimate of drug-likeness (QED) is 0.607. The third-order valence-corrected chi connectivity index (χ3v) is 5.44. The third kappa shape index (κ3) is 3.94. The van der Waals surface area contributed by atoms with E-state index < -0.39 is 0 Å². The molecule has 136 valence electrons. The number of benzene rings is 2. The van der Waals surface area contributed by atoms with Crippen LogP contribution >= 0.6 is 0 Å². The van der Waals surface area contributed by atoms with Crippen molar-refractivity contribution in [2.45, 2.75) is 31.6 Å². The van der Waals surface area contributed by atoms with Crippen LogP contribution in [0.25, 0.3) is 11.0 Å². The molecule has 0 N–H and O–H groups in total. The molecule has 1 unspecified atom stereocenters. The highest BCUT2D eigenvalue weighted by Gasteiger charge is 2.21. The highest BCUT2D eigenvalue weighted by atomic mass is 16.5. The van der Waals surface area contributed by atoms with E-state index in [0.717, 1.165) is 43.0 Å². The molecule has 0 amide bonds. The summed E-state index contributed by atoms with van der Waals surface area (Å²) < 4.78 is 11.3. The lowest BCUT2D eigenvalue weighted by Crippen LogP contribution is -2.35. The molecular formula is C23H27NO2. The van der Waals surface area contributed by atoms with Gasteiger partial charge in [0, 0.05) is 18.4 Å². The van der Waals surface area contributed by atoms with Crippen LogP contribution in [0.1, 0.15) is 36.5 Å². The Hall–Kier alpha value is -2.26.